The van der Waals surface area contributed by atoms with Crippen LogP contribution in [-0.2, 0) is 0 Å². The summed E-state index contributed by atoms with van der Waals surface area (Å²) >= 11 is 0. The smallest absolute Gasteiger partial charge is 0.319 e. The third-order valence-electron chi connectivity index (χ3n) is 10.4. The van der Waals surface area contributed by atoms with Gasteiger partial charge in [-0.2, -0.15) is 9.97 Å². The van der Waals surface area contributed by atoms with E-state index < -0.39 is 23.3 Å². The van der Waals surface area contributed by atoms with Gasteiger partial charge in [-0.15, -0.1) is 6.42 Å². The zero-order valence-corrected chi connectivity index (χ0v) is 24.8. The number of phenolic OH excluding ortho intramolecular Hbond substituents is 1. The molecule has 10 heteroatoms. The SMILES string of the molecule is C#Cc1c(F)ccc2cc(O)cc(-c3ccc4c(N5CC6CCCNC6C5)nc(OC[C@@]56CCCN5C[C@H](F)C6)nc4c3F)c12. The summed E-state index contributed by atoms with van der Waals surface area (Å²) < 4.78 is 52.4. The second-order valence-corrected chi connectivity index (χ2v) is 13.0. The van der Waals surface area contributed by atoms with Gasteiger partial charge in [-0.05, 0) is 79.9 Å². The number of alkyl halides is 1. The molecule has 0 saturated carbocycles. The third kappa shape index (κ3) is 4.67. The minimum atomic E-state index is -0.905. The van der Waals surface area contributed by atoms with Crippen LogP contribution in [0.25, 0.3) is 32.8 Å². The molecule has 3 aromatic carbocycles. The fourth-order valence-electron chi connectivity index (χ4n) is 8.29. The van der Waals surface area contributed by atoms with Crippen LogP contribution < -0.4 is 15.0 Å². The van der Waals surface area contributed by atoms with Crippen LogP contribution in [0.5, 0.6) is 11.8 Å². The molecule has 0 spiro atoms. The molecule has 4 aliphatic rings. The molecule has 4 fully saturated rings. The van der Waals surface area contributed by atoms with Crippen LogP contribution in [-0.4, -0.2) is 77.1 Å². The van der Waals surface area contributed by atoms with Gasteiger partial charge in [0.2, 0.25) is 0 Å². The number of phenols is 1. The summed E-state index contributed by atoms with van der Waals surface area (Å²) in [4.78, 5) is 13.8. The Balaban J connectivity index is 1.27. The Morgan fingerprint density at radius 2 is 1.98 bits per heavy atom. The van der Waals surface area contributed by atoms with E-state index in [1.54, 1.807) is 12.1 Å². The minimum Gasteiger partial charge on any atom is -0.508 e. The quantitative estimate of drug-likeness (QED) is 0.286. The van der Waals surface area contributed by atoms with Crippen molar-refractivity contribution in [3.63, 3.8) is 0 Å². The standard InChI is InChI=1S/C35H34F3N5O2/c1-2-24-28(37)9-6-20-13-23(44)14-27(30(20)24)25-7-8-26-32(31(25)38)40-34(45-19-35-10-4-12-43(35)17-22(36)15-35)41-33(26)42-16-21-5-3-11-39-29(21)18-42/h1,6-9,13-14,21-22,29,39,44H,3-5,10-12,15-19H2/t21?,22-,29?,35+/m1/s1. The van der Waals surface area contributed by atoms with Gasteiger partial charge in [0.25, 0.3) is 0 Å². The van der Waals surface area contributed by atoms with Crippen LogP contribution >= 0.6 is 0 Å². The lowest BCUT2D eigenvalue weighted by Gasteiger charge is -2.31. The number of hydrogen-bond donors (Lipinski definition) is 2. The molecule has 232 valence electrons. The minimum absolute atomic E-state index is 0.00956. The summed E-state index contributed by atoms with van der Waals surface area (Å²) in [6.45, 7) is 3.91. The number of benzene rings is 3. The fraction of sp³-hybridized carbons (Fsp3) is 0.429. The van der Waals surface area contributed by atoms with E-state index >= 15 is 4.39 Å². The molecular formula is C35H34F3N5O2. The van der Waals surface area contributed by atoms with Crippen LogP contribution in [0.2, 0.25) is 0 Å². The number of ether oxygens (including phenoxy) is 1. The number of terminal acetylenes is 1. The highest BCUT2D eigenvalue weighted by Crippen LogP contribution is 2.43. The molecule has 2 unspecified atom stereocenters. The molecule has 1 aromatic heterocycles. The average molecular weight is 614 g/mol. The molecule has 7 nitrogen and oxygen atoms in total. The Morgan fingerprint density at radius 3 is 2.82 bits per heavy atom. The van der Waals surface area contributed by atoms with E-state index in [4.69, 9.17) is 16.1 Å². The van der Waals surface area contributed by atoms with Gasteiger partial charge in [0.1, 0.15) is 35.7 Å². The third-order valence-corrected chi connectivity index (χ3v) is 10.4. The summed E-state index contributed by atoms with van der Waals surface area (Å²) in [6, 6.07) is 9.36. The number of nitrogens with one attached hydrogen (secondary N) is 1. The highest BCUT2D eigenvalue weighted by Gasteiger charge is 2.49. The first-order valence-electron chi connectivity index (χ1n) is 15.8. The second-order valence-electron chi connectivity index (χ2n) is 13.0. The van der Waals surface area contributed by atoms with Crippen molar-refractivity contribution in [2.75, 3.05) is 44.2 Å². The fourth-order valence-corrected chi connectivity index (χ4v) is 8.29. The van der Waals surface area contributed by atoms with Gasteiger partial charge in [0.05, 0.1) is 11.1 Å². The maximum atomic E-state index is 16.8. The number of aromatic hydroxyl groups is 1. The monoisotopic (exact) mass is 613 g/mol. The molecule has 0 bridgehead atoms. The number of piperidine rings is 1. The van der Waals surface area contributed by atoms with Crippen LogP contribution in [0.3, 0.4) is 0 Å². The van der Waals surface area contributed by atoms with Gasteiger partial charge in [-0.25, -0.2) is 13.2 Å². The van der Waals surface area contributed by atoms with E-state index in [1.807, 2.05) is 0 Å². The Kier molecular flexibility index (Phi) is 6.80. The normalized spacial score (nSPS) is 26.4. The molecule has 8 rings (SSSR count). The molecule has 4 saturated heterocycles. The van der Waals surface area contributed by atoms with Crippen LogP contribution in [0.4, 0.5) is 19.0 Å². The number of halogens is 3. The van der Waals surface area contributed by atoms with Crippen molar-refractivity contribution in [2.24, 2.45) is 5.92 Å². The summed E-state index contributed by atoms with van der Waals surface area (Å²) in [5.41, 5.74) is 0.0116. The zero-order chi connectivity index (χ0) is 30.9. The lowest BCUT2D eigenvalue weighted by molar-refractivity contribution is 0.107. The Labute approximate surface area is 259 Å². The van der Waals surface area contributed by atoms with Gasteiger partial charge in [-0.1, -0.05) is 18.1 Å². The largest absolute Gasteiger partial charge is 0.508 e. The lowest BCUT2D eigenvalue weighted by Crippen LogP contribution is -2.43. The number of hydrogen-bond acceptors (Lipinski definition) is 7. The molecule has 4 aromatic rings. The second kappa shape index (κ2) is 10.8. The summed E-state index contributed by atoms with van der Waals surface area (Å²) in [5, 5.41) is 15.5. The molecule has 4 aliphatic heterocycles. The van der Waals surface area contributed by atoms with E-state index in [0.717, 1.165) is 51.9 Å². The summed E-state index contributed by atoms with van der Waals surface area (Å²) in [5.74, 6) is 2.08. The number of nitrogens with zero attached hydrogens (tertiary/aromatic N) is 4. The molecule has 0 aliphatic carbocycles. The van der Waals surface area contributed by atoms with Gasteiger partial charge < -0.3 is 20.1 Å². The number of fused-ring (bicyclic) bond motifs is 4. The molecular weight excluding hydrogens is 579 g/mol. The van der Waals surface area contributed by atoms with Crippen LogP contribution in [0, 0.1) is 29.9 Å². The molecule has 0 amide bonds. The predicted octanol–water partition coefficient (Wildman–Crippen LogP) is 5.56. The Hall–Kier alpha value is -4.07. The molecule has 2 N–H and O–H groups in total. The zero-order valence-electron chi connectivity index (χ0n) is 24.8. The Bertz CT molecular complexity index is 1860. The van der Waals surface area contributed by atoms with E-state index in [-0.39, 0.29) is 40.6 Å². The first-order valence-corrected chi connectivity index (χ1v) is 15.8. The molecule has 4 atom stereocenters. The molecule has 45 heavy (non-hydrogen) atoms. The van der Waals surface area contributed by atoms with Crippen LogP contribution in [0.1, 0.15) is 37.7 Å². The van der Waals surface area contributed by atoms with Gasteiger partial charge >= 0.3 is 6.01 Å². The van der Waals surface area contributed by atoms with Gasteiger partial charge in [0.15, 0.2) is 5.82 Å². The first-order chi connectivity index (χ1) is 21.8. The molecule has 5 heterocycles. The maximum Gasteiger partial charge on any atom is 0.319 e. The first kappa shape index (κ1) is 28.4. The number of anilines is 1. The van der Waals surface area contributed by atoms with E-state index in [2.05, 4.69) is 26.0 Å². The summed E-state index contributed by atoms with van der Waals surface area (Å²) in [7, 11) is 0. The van der Waals surface area contributed by atoms with Crippen LogP contribution in [0.15, 0.2) is 36.4 Å². The highest BCUT2D eigenvalue weighted by atomic mass is 19.1. The van der Waals surface area contributed by atoms with Crippen molar-refractivity contribution in [3.05, 3.63) is 53.6 Å². The van der Waals surface area contributed by atoms with Crippen molar-refractivity contribution in [1.29, 1.82) is 0 Å². The van der Waals surface area contributed by atoms with Crippen molar-refractivity contribution in [2.45, 2.75) is 49.9 Å². The van der Waals surface area contributed by atoms with E-state index in [1.165, 1.54) is 24.3 Å². The summed E-state index contributed by atoms with van der Waals surface area (Å²) in [6.07, 6.45) is 9.21. The lowest BCUT2D eigenvalue weighted by atomic mass is 9.93. The number of rotatable bonds is 5. The van der Waals surface area contributed by atoms with Gasteiger partial charge in [-0.3, -0.25) is 4.90 Å². The Morgan fingerprint density at radius 1 is 1.09 bits per heavy atom. The van der Waals surface area contributed by atoms with E-state index in [9.17, 15) is 13.9 Å². The van der Waals surface area contributed by atoms with Gasteiger partial charge in [0, 0.05) is 48.4 Å². The average Bonchev–Trinajstić information content (AvgIpc) is 3.72. The highest BCUT2D eigenvalue weighted by molar-refractivity contribution is 6.04. The number of aromatic nitrogens is 2. The topological polar surface area (TPSA) is 73.8 Å². The van der Waals surface area contributed by atoms with Crippen molar-refractivity contribution in [1.82, 2.24) is 20.2 Å². The maximum absolute atomic E-state index is 16.8. The van der Waals surface area contributed by atoms with Crippen molar-refractivity contribution < 1.29 is 23.0 Å². The van der Waals surface area contributed by atoms with E-state index in [0.29, 0.717) is 46.9 Å². The van der Waals surface area contributed by atoms with Crippen molar-refractivity contribution >= 4 is 27.5 Å². The van der Waals surface area contributed by atoms with Crippen molar-refractivity contribution in [3.8, 4) is 35.2 Å². The molecule has 0 radical (unpaired) electrons. The predicted molar refractivity (Wildman–Crippen MR) is 167 cm³/mol.